The standard InChI is InChI=1S/C20H18BN3S/c1-2-6-16(7-3-1)24-18(19-8-9-20(25-19)21-10-11-21)13-17(23-24)15-5-4-12-22-14-15/h1-3,5-9,13-14H,4,10-12H2. The van der Waals surface area contributed by atoms with Gasteiger partial charge in [-0.25, -0.2) is 4.68 Å². The Hall–Kier alpha value is -2.40. The van der Waals surface area contributed by atoms with Crippen LogP contribution in [0.5, 0.6) is 0 Å². The van der Waals surface area contributed by atoms with Crippen molar-refractivity contribution in [1.29, 1.82) is 0 Å². The molecule has 3 nitrogen and oxygen atoms in total. The summed E-state index contributed by atoms with van der Waals surface area (Å²) in [4.78, 5) is 5.70. The van der Waals surface area contributed by atoms with Crippen LogP contribution in [0, 0.1) is 0 Å². The first-order chi connectivity index (χ1) is 12.4. The summed E-state index contributed by atoms with van der Waals surface area (Å²) in [6, 6.07) is 17.1. The van der Waals surface area contributed by atoms with Crippen molar-refractivity contribution < 1.29 is 0 Å². The number of hydrogen-bond donors (Lipinski definition) is 0. The van der Waals surface area contributed by atoms with E-state index in [2.05, 4.69) is 58.2 Å². The number of rotatable bonds is 4. The van der Waals surface area contributed by atoms with Crippen LogP contribution in [0.2, 0.25) is 12.6 Å². The van der Waals surface area contributed by atoms with Gasteiger partial charge in [0.15, 0.2) is 6.71 Å². The van der Waals surface area contributed by atoms with Gasteiger partial charge in [-0.2, -0.15) is 5.10 Å². The SMILES string of the molecule is C1=NCCC=C1c1cc(-c2ccc(B3CC3)s2)n(-c2ccccc2)n1. The maximum absolute atomic E-state index is 4.91. The zero-order chi connectivity index (χ0) is 16.6. The first-order valence-electron chi connectivity index (χ1n) is 8.84. The van der Waals surface area contributed by atoms with Crippen LogP contribution in [0.1, 0.15) is 12.1 Å². The lowest BCUT2D eigenvalue weighted by Crippen LogP contribution is -2.07. The van der Waals surface area contributed by atoms with Gasteiger partial charge in [0.1, 0.15) is 0 Å². The van der Waals surface area contributed by atoms with E-state index in [9.17, 15) is 0 Å². The molecule has 1 aromatic carbocycles. The van der Waals surface area contributed by atoms with Crippen molar-refractivity contribution in [3.63, 3.8) is 0 Å². The molecule has 25 heavy (non-hydrogen) atoms. The van der Waals surface area contributed by atoms with Gasteiger partial charge in [-0.3, -0.25) is 4.99 Å². The van der Waals surface area contributed by atoms with Crippen molar-refractivity contribution in [3.05, 3.63) is 60.3 Å². The third kappa shape index (κ3) is 2.89. The summed E-state index contributed by atoms with van der Waals surface area (Å²) in [6.07, 6.45) is 7.86. The van der Waals surface area contributed by atoms with Gasteiger partial charge in [0.2, 0.25) is 0 Å². The molecule has 5 rings (SSSR count). The molecule has 0 N–H and O–H groups in total. The Morgan fingerprint density at radius 1 is 1.04 bits per heavy atom. The number of aromatic nitrogens is 2. The summed E-state index contributed by atoms with van der Waals surface area (Å²) in [6.45, 7) is 1.67. The highest BCUT2D eigenvalue weighted by Gasteiger charge is 2.30. The molecule has 1 fully saturated rings. The Morgan fingerprint density at radius 3 is 2.68 bits per heavy atom. The topological polar surface area (TPSA) is 30.2 Å². The molecular formula is C20H18BN3S. The minimum absolute atomic E-state index is 0.791. The Labute approximate surface area is 151 Å². The summed E-state index contributed by atoms with van der Waals surface area (Å²) in [5.74, 6) is 0. The fraction of sp³-hybridized carbons (Fsp3) is 0.200. The molecule has 2 aromatic heterocycles. The second-order valence-corrected chi connectivity index (χ2v) is 7.74. The van der Waals surface area contributed by atoms with Crippen LogP contribution < -0.4 is 4.78 Å². The summed E-state index contributed by atoms with van der Waals surface area (Å²) >= 11 is 1.91. The molecule has 1 saturated heterocycles. The van der Waals surface area contributed by atoms with E-state index in [1.807, 2.05) is 23.6 Å². The molecule has 3 aromatic rings. The van der Waals surface area contributed by atoms with Crippen molar-refractivity contribution in [1.82, 2.24) is 9.78 Å². The second kappa shape index (κ2) is 6.15. The fourth-order valence-electron chi connectivity index (χ4n) is 3.22. The summed E-state index contributed by atoms with van der Waals surface area (Å²) in [5.41, 5.74) is 4.39. The van der Waals surface area contributed by atoms with Gasteiger partial charge >= 0.3 is 0 Å². The lowest BCUT2D eigenvalue weighted by Gasteiger charge is -2.06. The van der Waals surface area contributed by atoms with E-state index in [-0.39, 0.29) is 0 Å². The van der Waals surface area contributed by atoms with Crippen LogP contribution in [-0.4, -0.2) is 29.3 Å². The molecule has 0 spiro atoms. The number of nitrogens with zero attached hydrogens (tertiary/aromatic N) is 3. The highest BCUT2D eigenvalue weighted by Crippen LogP contribution is 2.32. The summed E-state index contributed by atoms with van der Waals surface area (Å²) in [7, 11) is 0. The Balaban J connectivity index is 1.63. The van der Waals surface area contributed by atoms with Gasteiger partial charge < -0.3 is 0 Å². The quantitative estimate of drug-likeness (QED) is 0.654. The van der Waals surface area contributed by atoms with E-state index < -0.39 is 0 Å². The fourth-order valence-corrected chi connectivity index (χ4v) is 4.40. The normalized spacial score (nSPS) is 16.2. The van der Waals surface area contributed by atoms with E-state index >= 15 is 0 Å². The molecule has 0 bridgehead atoms. The predicted molar refractivity (Wildman–Crippen MR) is 108 cm³/mol. The first-order valence-corrected chi connectivity index (χ1v) is 9.66. The van der Waals surface area contributed by atoms with Gasteiger partial charge in [0, 0.05) is 18.3 Å². The maximum atomic E-state index is 4.91. The van der Waals surface area contributed by atoms with E-state index in [0.717, 1.165) is 42.3 Å². The molecular weight excluding hydrogens is 325 g/mol. The molecule has 0 amide bonds. The third-order valence-electron chi connectivity index (χ3n) is 4.72. The molecule has 2 aliphatic heterocycles. The molecule has 0 unspecified atom stereocenters. The lowest BCUT2D eigenvalue weighted by molar-refractivity contribution is 0.882. The highest BCUT2D eigenvalue weighted by molar-refractivity contribution is 7.27. The molecule has 0 saturated carbocycles. The summed E-state index contributed by atoms with van der Waals surface area (Å²) < 4.78 is 3.58. The van der Waals surface area contributed by atoms with Crippen LogP contribution in [0.25, 0.3) is 21.8 Å². The number of benzene rings is 1. The van der Waals surface area contributed by atoms with Gasteiger partial charge in [-0.15, -0.1) is 11.3 Å². The molecule has 122 valence electrons. The molecule has 0 aliphatic carbocycles. The van der Waals surface area contributed by atoms with Crippen LogP contribution in [0.3, 0.4) is 0 Å². The van der Waals surface area contributed by atoms with Gasteiger partial charge in [-0.05, 0) is 35.5 Å². The maximum Gasteiger partial charge on any atom is 0.187 e. The van der Waals surface area contributed by atoms with E-state index in [0.29, 0.717) is 0 Å². The monoisotopic (exact) mass is 343 g/mol. The minimum atomic E-state index is 0.791. The number of aliphatic imine (C=N–C) groups is 1. The molecule has 5 heteroatoms. The second-order valence-electron chi connectivity index (χ2n) is 6.62. The van der Waals surface area contributed by atoms with E-state index in [1.54, 1.807) is 0 Å². The van der Waals surface area contributed by atoms with Gasteiger partial charge in [0.25, 0.3) is 0 Å². The number of hydrogen-bond acceptors (Lipinski definition) is 3. The number of thiophene rings is 1. The van der Waals surface area contributed by atoms with Crippen molar-refractivity contribution >= 4 is 34.6 Å². The smallest absolute Gasteiger partial charge is 0.187 e. The Morgan fingerprint density at radius 2 is 1.92 bits per heavy atom. The zero-order valence-electron chi connectivity index (χ0n) is 13.9. The Bertz CT molecular complexity index is 964. The zero-order valence-corrected chi connectivity index (χ0v) is 14.7. The molecule has 0 atom stereocenters. The molecule has 0 radical (unpaired) electrons. The largest absolute Gasteiger partial charge is 0.292 e. The third-order valence-corrected chi connectivity index (χ3v) is 5.99. The first kappa shape index (κ1) is 14.9. The van der Waals surface area contributed by atoms with Crippen molar-refractivity contribution in [2.75, 3.05) is 6.54 Å². The number of allylic oxidation sites excluding steroid dienone is 1. The number of dihydropyridines is 1. The average molecular weight is 343 g/mol. The van der Waals surface area contributed by atoms with E-state index in [4.69, 9.17) is 5.10 Å². The summed E-state index contributed by atoms with van der Waals surface area (Å²) in [5, 5.41) is 4.91. The number of para-hydroxylation sites is 1. The Kier molecular flexibility index (Phi) is 3.67. The van der Waals surface area contributed by atoms with Crippen molar-refractivity contribution in [2.24, 2.45) is 4.99 Å². The van der Waals surface area contributed by atoms with Crippen molar-refractivity contribution in [3.8, 4) is 16.3 Å². The van der Waals surface area contributed by atoms with Gasteiger partial charge in [0.05, 0.1) is 22.0 Å². The lowest BCUT2D eigenvalue weighted by atomic mass is 9.70. The van der Waals surface area contributed by atoms with Crippen LogP contribution >= 0.6 is 11.3 Å². The molecule has 2 aliphatic rings. The van der Waals surface area contributed by atoms with Crippen LogP contribution in [0.15, 0.2) is 59.6 Å². The average Bonchev–Trinajstić information content (AvgIpc) is 3.24. The predicted octanol–water partition coefficient (Wildman–Crippen LogP) is 4.17. The molecule has 4 heterocycles. The van der Waals surface area contributed by atoms with Crippen molar-refractivity contribution in [2.45, 2.75) is 19.1 Å². The van der Waals surface area contributed by atoms with Crippen LogP contribution in [0.4, 0.5) is 0 Å². The van der Waals surface area contributed by atoms with Gasteiger partial charge in [-0.1, -0.05) is 43.0 Å². The minimum Gasteiger partial charge on any atom is -0.292 e. The highest BCUT2D eigenvalue weighted by atomic mass is 32.1. The van der Waals surface area contributed by atoms with Crippen LogP contribution in [-0.2, 0) is 0 Å². The van der Waals surface area contributed by atoms with E-state index in [1.165, 1.54) is 22.3 Å².